The molecule has 1 atom stereocenters. The zero-order chi connectivity index (χ0) is 15.5. The van der Waals surface area contributed by atoms with Gasteiger partial charge < -0.3 is 11.1 Å². The molecule has 0 aliphatic rings. The summed E-state index contributed by atoms with van der Waals surface area (Å²) < 4.78 is 24.5. The Morgan fingerprint density at radius 2 is 1.95 bits per heavy atom. The lowest BCUT2D eigenvalue weighted by Crippen LogP contribution is -2.39. The fourth-order valence-corrected chi connectivity index (χ4v) is 2.26. The van der Waals surface area contributed by atoms with E-state index in [1.54, 1.807) is 6.07 Å². The second-order valence-corrected chi connectivity index (χ2v) is 6.98. The molecule has 1 unspecified atom stereocenters. The second-order valence-electron chi connectivity index (χ2n) is 4.83. The van der Waals surface area contributed by atoms with Gasteiger partial charge in [-0.3, -0.25) is 9.52 Å². The van der Waals surface area contributed by atoms with Gasteiger partial charge in [-0.05, 0) is 24.1 Å². The Hall–Kier alpha value is -1.31. The van der Waals surface area contributed by atoms with Gasteiger partial charge >= 0.3 is 0 Å². The molecule has 0 radical (unpaired) electrons. The topological polar surface area (TPSA) is 101 Å². The number of hydrogen-bond acceptors (Lipinski definition) is 4. The summed E-state index contributed by atoms with van der Waals surface area (Å²) in [6.45, 7) is 3.69. The van der Waals surface area contributed by atoms with Gasteiger partial charge in [-0.25, -0.2) is 8.42 Å². The molecule has 0 aliphatic carbocycles. The average molecular weight is 320 g/mol. The molecule has 0 aliphatic heterocycles. The van der Waals surface area contributed by atoms with Crippen LogP contribution in [0.3, 0.4) is 0 Å². The molecule has 1 aromatic carbocycles. The molecule has 8 heteroatoms. The maximum Gasteiger partial charge on any atom is 0.241 e. The molecule has 0 heterocycles. The predicted octanol–water partition coefficient (Wildman–Crippen LogP) is 1.63. The van der Waals surface area contributed by atoms with Crippen molar-refractivity contribution in [1.29, 1.82) is 0 Å². The average Bonchev–Trinajstić information content (AvgIpc) is 2.30. The maximum atomic E-state index is 11.8. The SMILES string of the molecule is CC(C)C(N)C(=O)Nc1ccc(NS(C)(=O)=O)c(Cl)c1. The van der Waals surface area contributed by atoms with Crippen LogP contribution in [0, 0.1) is 5.92 Å². The minimum atomic E-state index is -3.40. The first-order chi connectivity index (χ1) is 9.10. The van der Waals surface area contributed by atoms with E-state index in [2.05, 4.69) is 10.0 Å². The standard InChI is InChI=1S/C12H18ClN3O3S/c1-7(2)11(14)12(17)15-8-4-5-10(9(13)6-8)16-20(3,18)19/h4-7,11,16H,14H2,1-3H3,(H,15,17). The fraction of sp³-hybridized carbons (Fsp3) is 0.417. The molecule has 0 saturated heterocycles. The number of carbonyl (C=O) groups excluding carboxylic acids is 1. The summed E-state index contributed by atoms with van der Waals surface area (Å²) in [6.07, 6.45) is 1.03. The van der Waals surface area contributed by atoms with E-state index in [4.69, 9.17) is 17.3 Å². The summed E-state index contributed by atoms with van der Waals surface area (Å²) in [5.41, 5.74) is 6.43. The van der Waals surface area contributed by atoms with Crippen LogP contribution in [0.5, 0.6) is 0 Å². The van der Waals surface area contributed by atoms with E-state index in [9.17, 15) is 13.2 Å². The normalized spacial score (nSPS) is 13.1. The Bertz CT molecular complexity index is 602. The van der Waals surface area contributed by atoms with Crippen molar-refractivity contribution in [3.63, 3.8) is 0 Å². The minimum absolute atomic E-state index is 0.0108. The van der Waals surface area contributed by atoms with Crippen molar-refractivity contribution < 1.29 is 13.2 Å². The lowest BCUT2D eigenvalue weighted by atomic mass is 10.0. The van der Waals surface area contributed by atoms with Gasteiger partial charge in [0, 0.05) is 5.69 Å². The van der Waals surface area contributed by atoms with Crippen LogP contribution in [0.25, 0.3) is 0 Å². The number of nitrogens with two attached hydrogens (primary N) is 1. The second kappa shape index (κ2) is 6.43. The van der Waals surface area contributed by atoms with E-state index < -0.39 is 16.1 Å². The summed E-state index contributed by atoms with van der Waals surface area (Å²) in [6, 6.07) is 3.85. The van der Waals surface area contributed by atoms with Crippen LogP contribution in [-0.4, -0.2) is 26.6 Å². The molecule has 1 rings (SSSR count). The Morgan fingerprint density at radius 3 is 2.40 bits per heavy atom. The van der Waals surface area contributed by atoms with Crippen LogP contribution in [0.15, 0.2) is 18.2 Å². The van der Waals surface area contributed by atoms with Gasteiger partial charge in [0.05, 0.1) is 23.0 Å². The van der Waals surface area contributed by atoms with Crippen molar-refractivity contribution in [3.05, 3.63) is 23.2 Å². The third-order valence-corrected chi connectivity index (χ3v) is 3.46. The third kappa shape index (κ3) is 4.99. The number of benzene rings is 1. The van der Waals surface area contributed by atoms with Gasteiger partial charge in [-0.1, -0.05) is 25.4 Å². The highest BCUT2D eigenvalue weighted by Crippen LogP contribution is 2.26. The molecule has 112 valence electrons. The van der Waals surface area contributed by atoms with E-state index in [0.29, 0.717) is 5.69 Å². The highest BCUT2D eigenvalue weighted by molar-refractivity contribution is 7.92. The van der Waals surface area contributed by atoms with Crippen molar-refractivity contribution in [3.8, 4) is 0 Å². The molecule has 1 aromatic rings. The molecule has 20 heavy (non-hydrogen) atoms. The largest absolute Gasteiger partial charge is 0.325 e. The van der Waals surface area contributed by atoms with Crippen molar-refractivity contribution in [2.24, 2.45) is 11.7 Å². The van der Waals surface area contributed by atoms with Crippen LogP contribution in [0.2, 0.25) is 5.02 Å². The number of sulfonamides is 1. The van der Waals surface area contributed by atoms with Crippen LogP contribution in [-0.2, 0) is 14.8 Å². The van der Waals surface area contributed by atoms with Crippen LogP contribution in [0.4, 0.5) is 11.4 Å². The monoisotopic (exact) mass is 319 g/mol. The van der Waals surface area contributed by atoms with Crippen molar-refractivity contribution in [2.45, 2.75) is 19.9 Å². The van der Waals surface area contributed by atoms with Crippen LogP contribution >= 0.6 is 11.6 Å². The third-order valence-electron chi connectivity index (χ3n) is 2.55. The van der Waals surface area contributed by atoms with E-state index in [1.807, 2.05) is 13.8 Å². The van der Waals surface area contributed by atoms with Gasteiger partial charge in [-0.2, -0.15) is 0 Å². The Morgan fingerprint density at radius 1 is 1.35 bits per heavy atom. The molecule has 0 bridgehead atoms. The number of carbonyl (C=O) groups is 1. The van der Waals surface area contributed by atoms with E-state index in [-0.39, 0.29) is 22.5 Å². The molecule has 0 saturated carbocycles. The predicted molar refractivity (Wildman–Crippen MR) is 81.4 cm³/mol. The summed E-state index contributed by atoms with van der Waals surface area (Å²) >= 11 is 5.95. The summed E-state index contributed by atoms with van der Waals surface area (Å²) in [5, 5.41) is 2.81. The summed E-state index contributed by atoms with van der Waals surface area (Å²) in [7, 11) is -3.40. The summed E-state index contributed by atoms with van der Waals surface area (Å²) in [4.78, 5) is 11.8. The first-order valence-electron chi connectivity index (χ1n) is 5.94. The van der Waals surface area contributed by atoms with Gasteiger partial charge in [0.1, 0.15) is 0 Å². The lowest BCUT2D eigenvalue weighted by Gasteiger charge is -2.16. The maximum absolute atomic E-state index is 11.8. The quantitative estimate of drug-likeness (QED) is 0.767. The molecule has 0 aromatic heterocycles. The summed E-state index contributed by atoms with van der Waals surface area (Å²) in [5.74, 6) is -0.309. The number of halogens is 1. The van der Waals surface area contributed by atoms with Gasteiger partial charge in [-0.15, -0.1) is 0 Å². The zero-order valence-corrected chi connectivity index (χ0v) is 13.0. The van der Waals surface area contributed by atoms with Crippen molar-refractivity contribution in [2.75, 3.05) is 16.3 Å². The smallest absolute Gasteiger partial charge is 0.241 e. The van der Waals surface area contributed by atoms with Crippen LogP contribution in [0.1, 0.15) is 13.8 Å². The van der Waals surface area contributed by atoms with E-state index in [0.717, 1.165) is 6.26 Å². The van der Waals surface area contributed by atoms with E-state index in [1.165, 1.54) is 12.1 Å². The molecule has 1 amide bonds. The molecular weight excluding hydrogens is 302 g/mol. The number of rotatable bonds is 5. The van der Waals surface area contributed by atoms with Crippen molar-refractivity contribution in [1.82, 2.24) is 0 Å². The minimum Gasteiger partial charge on any atom is -0.325 e. The van der Waals surface area contributed by atoms with Gasteiger partial charge in [0.2, 0.25) is 15.9 Å². The first-order valence-corrected chi connectivity index (χ1v) is 8.21. The highest BCUT2D eigenvalue weighted by atomic mass is 35.5. The van der Waals surface area contributed by atoms with Gasteiger partial charge in [0.25, 0.3) is 0 Å². The van der Waals surface area contributed by atoms with Gasteiger partial charge in [0.15, 0.2) is 0 Å². The highest BCUT2D eigenvalue weighted by Gasteiger charge is 2.17. The Kier molecular flexibility index (Phi) is 5.38. The van der Waals surface area contributed by atoms with E-state index >= 15 is 0 Å². The Labute approximate surface area is 123 Å². The van der Waals surface area contributed by atoms with Crippen LogP contribution < -0.4 is 15.8 Å². The van der Waals surface area contributed by atoms with Crippen molar-refractivity contribution >= 4 is 38.9 Å². The Balaban J connectivity index is 2.85. The molecule has 0 fully saturated rings. The first kappa shape index (κ1) is 16.7. The number of nitrogens with one attached hydrogen (secondary N) is 2. The number of anilines is 2. The molecule has 0 spiro atoms. The molecule has 6 nitrogen and oxygen atoms in total. The molecular formula is C12H18ClN3O3S. The fourth-order valence-electron chi connectivity index (χ4n) is 1.40. The molecule has 4 N–H and O–H groups in total. The zero-order valence-electron chi connectivity index (χ0n) is 11.5. The lowest BCUT2D eigenvalue weighted by molar-refractivity contribution is -0.118. The number of hydrogen-bond donors (Lipinski definition) is 3. The number of amides is 1.